The fourth-order valence-electron chi connectivity index (χ4n) is 0.998. The molecule has 0 rings (SSSR count). The van der Waals surface area contributed by atoms with Gasteiger partial charge in [-0.1, -0.05) is 6.92 Å². The van der Waals surface area contributed by atoms with Crippen LogP contribution in [0.4, 0.5) is 0 Å². The zero-order chi connectivity index (χ0) is 12.4. The fraction of sp³-hybridized carbons (Fsp3) is 0.727. The molecule has 0 atom stereocenters. The Kier molecular flexibility index (Phi) is 8.11. The Morgan fingerprint density at radius 3 is 2.00 bits per heavy atom. The summed E-state index contributed by atoms with van der Waals surface area (Å²) in [5, 5.41) is 0. The Balaban J connectivity index is 3.57. The molecule has 0 aromatic heterocycles. The van der Waals surface area contributed by atoms with Gasteiger partial charge in [-0.3, -0.25) is 14.4 Å². The van der Waals surface area contributed by atoms with E-state index in [2.05, 4.69) is 4.74 Å². The van der Waals surface area contributed by atoms with Crippen LogP contribution in [0.3, 0.4) is 0 Å². The summed E-state index contributed by atoms with van der Waals surface area (Å²) in [6.45, 7) is 2.28. The Hall–Kier alpha value is -1.39. The van der Waals surface area contributed by atoms with Gasteiger partial charge in [-0.25, -0.2) is 0 Å². The molecule has 0 aromatic rings. The smallest absolute Gasteiger partial charge is 0.306 e. The van der Waals surface area contributed by atoms with Gasteiger partial charge in [0.2, 0.25) is 0 Å². The van der Waals surface area contributed by atoms with E-state index in [1.165, 1.54) is 7.11 Å². The van der Waals surface area contributed by atoms with Crippen molar-refractivity contribution in [3.05, 3.63) is 0 Å². The van der Waals surface area contributed by atoms with E-state index in [1.54, 1.807) is 0 Å². The number of ether oxygens (including phenoxy) is 2. The SMILES string of the molecule is CCCOC(=O)CCC(=O)CCC(=O)OC. The lowest BCUT2D eigenvalue weighted by Crippen LogP contribution is -2.10. The van der Waals surface area contributed by atoms with Gasteiger partial charge in [0.05, 0.1) is 26.6 Å². The molecule has 0 N–H and O–H groups in total. The Bertz CT molecular complexity index is 247. The van der Waals surface area contributed by atoms with Crippen molar-refractivity contribution in [3.63, 3.8) is 0 Å². The highest BCUT2D eigenvalue weighted by Crippen LogP contribution is 2.01. The van der Waals surface area contributed by atoms with Gasteiger partial charge in [-0.15, -0.1) is 0 Å². The third kappa shape index (κ3) is 7.96. The summed E-state index contributed by atoms with van der Waals surface area (Å²) in [7, 11) is 1.27. The van der Waals surface area contributed by atoms with Crippen LogP contribution in [0.25, 0.3) is 0 Å². The van der Waals surface area contributed by atoms with Crippen LogP contribution < -0.4 is 0 Å². The van der Waals surface area contributed by atoms with Crippen molar-refractivity contribution in [2.75, 3.05) is 13.7 Å². The second-order valence-corrected chi connectivity index (χ2v) is 3.34. The Labute approximate surface area is 95.1 Å². The standard InChI is InChI=1S/C11H18O5/c1-3-8-16-11(14)7-5-9(12)4-6-10(13)15-2/h3-8H2,1-2H3. The van der Waals surface area contributed by atoms with Gasteiger partial charge in [-0.2, -0.15) is 0 Å². The van der Waals surface area contributed by atoms with Crippen LogP contribution in [0, 0.1) is 0 Å². The van der Waals surface area contributed by atoms with E-state index in [4.69, 9.17) is 4.74 Å². The number of Topliss-reactive ketones (excluding diaryl/α,β-unsaturated/α-hetero) is 1. The highest BCUT2D eigenvalue weighted by Gasteiger charge is 2.10. The topological polar surface area (TPSA) is 69.7 Å². The van der Waals surface area contributed by atoms with E-state index in [0.717, 1.165) is 6.42 Å². The number of hydrogen-bond donors (Lipinski definition) is 0. The number of rotatable bonds is 8. The molecule has 0 spiro atoms. The van der Waals surface area contributed by atoms with Crippen LogP contribution in [-0.2, 0) is 23.9 Å². The maximum Gasteiger partial charge on any atom is 0.306 e. The van der Waals surface area contributed by atoms with Gasteiger partial charge in [0.15, 0.2) is 0 Å². The number of methoxy groups -OCH3 is 1. The molecule has 0 heterocycles. The van der Waals surface area contributed by atoms with E-state index in [9.17, 15) is 14.4 Å². The zero-order valence-corrected chi connectivity index (χ0v) is 9.78. The zero-order valence-electron chi connectivity index (χ0n) is 9.78. The molecule has 0 unspecified atom stereocenters. The lowest BCUT2D eigenvalue weighted by Gasteiger charge is -2.02. The first-order chi connectivity index (χ1) is 7.60. The van der Waals surface area contributed by atoms with E-state index in [0.29, 0.717) is 6.61 Å². The summed E-state index contributed by atoms with van der Waals surface area (Å²) >= 11 is 0. The lowest BCUT2D eigenvalue weighted by molar-refractivity contribution is -0.144. The predicted octanol–water partition coefficient (Wildman–Crippen LogP) is 1.24. The fourth-order valence-corrected chi connectivity index (χ4v) is 0.998. The van der Waals surface area contributed by atoms with E-state index in [-0.39, 0.29) is 37.4 Å². The van der Waals surface area contributed by atoms with Crippen LogP contribution >= 0.6 is 0 Å². The van der Waals surface area contributed by atoms with Crippen LogP contribution in [0.1, 0.15) is 39.0 Å². The van der Waals surface area contributed by atoms with Gasteiger partial charge < -0.3 is 9.47 Å². The molecule has 0 saturated carbocycles. The number of ketones is 1. The summed E-state index contributed by atoms with van der Waals surface area (Å²) in [5.74, 6) is -0.908. The molecule has 0 aliphatic rings. The third-order valence-corrected chi connectivity index (χ3v) is 1.91. The van der Waals surface area contributed by atoms with Crippen molar-refractivity contribution in [2.24, 2.45) is 0 Å². The number of esters is 2. The van der Waals surface area contributed by atoms with Crippen molar-refractivity contribution in [1.29, 1.82) is 0 Å². The molecule has 0 radical (unpaired) electrons. The van der Waals surface area contributed by atoms with E-state index < -0.39 is 5.97 Å². The summed E-state index contributed by atoms with van der Waals surface area (Å²) in [5.41, 5.74) is 0. The van der Waals surface area contributed by atoms with Crippen molar-refractivity contribution in [3.8, 4) is 0 Å². The van der Waals surface area contributed by atoms with Crippen LogP contribution in [0.2, 0.25) is 0 Å². The monoisotopic (exact) mass is 230 g/mol. The molecular weight excluding hydrogens is 212 g/mol. The second kappa shape index (κ2) is 8.88. The van der Waals surface area contributed by atoms with Gasteiger partial charge in [0.25, 0.3) is 0 Å². The maximum atomic E-state index is 11.2. The average molecular weight is 230 g/mol. The molecular formula is C11H18O5. The highest BCUT2D eigenvalue weighted by molar-refractivity contribution is 5.85. The molecule has 0 amide bonds. The molecule has 0 fully saturated rings. The first-order valence-corrected chi connectivity index (χ1v) is 5.34. The van der Waals surface area contributed by atoms with Gasteiger partial charge in [-0.05, 0) is 6.42 Å². The van der Waals surface area contributed by atoms with Gasteiger partial charge >= 0.3 is 11.9 Å². The first-order valence-electron chi connectivity index (χ1n) is 5.34. The normalized spacial score (nSPS) is 9.62. The lowest BCUT2D eigenvalue weighted by atomic mass is 10.1. The molecule has 16 heavy (non-hydrogen) atoms. The summed E-state index contributed by atoms with van der Waals surface area (Å²) in [6.07, 6.45) is 1.16. The minimum Gasteiger partial charge on any atom is -0.469 e. The predicted molar refractivity (Wildman–Crippen MR) is 56.7 cm³/mol. The van der Waals surface area contributed by atoms with Gasteiger partial charge in [0.1, 0.15) is 5.78 Å². The highest BCUT2D eigenvalue weighted by atomic mass is 16.5. The molecule has 5 nitrogen and oxygen atoms in total. The average Bonchev–Trinajstić information content (AvgIpc) is 2.30. The van der Waals surface area contributed by atoms with Crippen LogP contribution in [0.5, 0.6) is 0 Å². The molecule has 0 saturated heterocycles. The summed E-state index contributed by atoms with van der Waals surface area (Å²) in [4.78, 5) is 33.0. The molecule has 0 aliphatic heterocycles. The van der Waals surface area contributed by atoms with Gasteiger partial charge in [0, 0.05) is 12.8 Å². The molecule has 92 valence electrons. The molecule has 0 aliphatic carbocycles. The molecule has 0 aromatic carbocycles. The molecule has 0 bridgehead atoms. The van der Waals surface area contributed by atoms with Crippen LogP contribution in [0.15, 0.2) is 0 Å². The Morgan fingerprint density at radius 2 is 1.50 bits per heavy atom. The maximum absolute atomic E-state index is 11.2. The minimum atomic E-state index is -0.415. The van der Waals surface area contributed by atoms with Crippen molar-refractivity contribution in [1.82, 2.24) is 0 Å². The van der Waals surface area contributed by atoms with Crippen molar-refractivity contribution >= 4 is 17.7 Å². The van der Waals surface area contributed by atoms with Crippen molar-refractivity contribution in [2.45, 2.75) is 39.0 Å². The summed E-state index contributed by atoms with van der Waals surface area (Å²) in [6, 6.07) is 0. The van der Waals surface area contributed by atoms with E-state index in [1.807, 2.05) is 6.92 Å². The minimum absolute atomic E-state index is 0.0688. The number of hydrogen-bond acceptors (Lipinski definition) is 5. The van der Waals surface area contributed by atoms with Crippen molar-refractivity contribution < 1.29 is 23.9 Å². The molecule has 5 heteroatoms. The van der Waals surface area contributed by atoms with Crippen LogP contribution in [-0.4, -0.2) is 31.4 Å². The number of carbonyl (C=O) groups is 3. The second-order valence-electron chi connectivity index (χ2n) is 3.34. The Morgan fingerprint density at radius 1 is 0.938 bits per heavy atom. The first kappa shape index (κ1) is 14.6. The largest absolute Gasteiger partial charge is 0.469 e. The third-order valence-electron chi connectivity index (χ3n) is 1.91. The quantitative estimate of drug-likeness (QED) is 0.587. The summed E-state index contributed by atoms with van der Waals surface area (Å²) < 4.78 is 9.20. The van der Waals surface area contributed by atoms with E-state index >= 15 is 0 Å². The number of carbonyl (C=O) groups excluding carboxylic acids is 3.